The first-order valence-electron chi connectivity index (χ1n) is 6.45. The Labute approximate surface area is 106 Å². The molecule has 0 saturated heterocycles. The van der Waals surface area contributed by atoms with Crippen LogP contribution in [0.25, 0.3) is 0 Å². The van der Waals surface area contributed by atoms with Crippen LogP contribution in [0.3, 0.4) is 0 Å². The lowest BCUT2D eigenvalue weighted by Crippen LogP contribution is -2.41. The van der Waals surface area contributed by atoms with Gasteiger partial charge in [-0.05, 0) is 25.7 Å². The van der Waals surface area contributed by atoms with Crippen molar-refractivity contribution < 1.29 is 4.79 Å². The molecule has 0 aromatic heterocycles. The van der Waals surface area contributed by atoms with Crippen molar-refractivity contribution in [2.24, 2.45) is 10.8 Å². The largest absolute Gasteiger partial charge is 0.354 e. The second kappa shape index (κ2) is 6.64. The smallest absolute Gasteiger partial charge is 0.239 e. The van der Waals surface area contributed by atoms with Crippen molar-refractivity contribution in [1.29, 1.82) is 5.26 Å². The van der Waals surface area contributed by atoms with Gasteiger partial charge in [-0.15, -0.1) is 0 Å². The molecule has 3 heteroatoms. The van der Waals surface area contributed by atoms with E-state index < -0.39 is 5.41 Å². The molecular weight excluding hydrogens is 212 g/mol. The number of nitrogens with zero attached hydrogens (tertiary/aromatic N) is 1. The summed E-state index contributed by atoms with van der Waals surface area (Å²) in [6.45, 7) is 10.4. The summed E-state index contributed by atoms with van der Waals surface area (Å²) in [5.41, 5.74) is -0.824. The highest BCUT2D eigenvalue weighted by Gasteiger charge is 2.28. The third-order valence-corrected chi connectivity index (χ3v) is 3.03. The Balaban J connectivity index is 4.10. The van der Waals surface area contributed by atoms with Crippen LogP contribution in [0.4, 0.5) is 0 Å². The van der Waals surface area contributed by atoms with Gasteiger partial charge in [-0.1, -0.05) is 40.0 Å². The molecule has 3 nitrogen and oxygen atoms in total. The normalized spacial score (nSPS) is 12.0. The number of amides is 1. The van der Waals surface area contributed by atoms with E-state index in [4.69, 9.17) is 5.26 Å². The minimum absolute atomic E-state index is 0.108. The van der Waals surface area contributed by atoms with E-state index >= 15 is 0 Å². The average molecular weight is 238 g/mol. The maximum atomic E-state index is 11.7. The summed E-state index contributed by atoms with van der Waals surface area (Å²) in [6, 6.07) is 2.02. The Morgan fingerprint density at radius 1 is 1.24 bits per heavy atom. The molecule has 0 rings (SSSR count). The molecule has 0 aromatic rings. The Hall–Kier alpha value is -1.04. The summed E-state index contributed by atoms with van der Waals surface area (Å²) in [7, 11) is 0. The molecule has 0 heterocycles. The summed E-state index contributed by atoms with van der Waals surface area (Å²) in [5.74, 6) is -0.177. The van der Waals surface area contributed by atoms with Crippen molar-refractivity contribution in [3.05, 3.63) is 0 Å². The van der Waals surface area contributed by atoms with Crippen LogP contribution in [-0.4, -0.2) is 12.5 Å². The van der Waals surface area contributed by atoms with Crippen LogP contribution < -0.4 is 5.32 Å². The fourth-order valence-electron chi connectivity index (χ4n) is 1.53. The average Bonchev–Trinajstić information content (AvgIpc) is 2.26. The summed E-state index contributed by atoms with van der Waals surface area (Å²) in [6.07, 6.45) is 4.75. The van der Waals surface area contributed by atoms with Crippen LogP contribution in [0.5, 0.6) is 0 Å². The second-order valence-corrected chi connectivity index (χ2v) is 6.04. The molecule has 0 atom stereocenters. The SMILES string of the molecule is CCCCCC(C)(C)CNC(=O)C(C)(C)C#N. The predicted octanol–water partition coefficient (Wildman–Crippen LogP) is 3.26. The van der Waals surface area contributed by atoms with E-state index in [0.717, 1.165) is 6.42 Å². The highest BCUT2D eigenvalue weighted by molar-refractivity contribution is 5.84. The number of carbonyl (C=O) groups is 1. The summed E-state index contributed by atoms with van der Waals surface area (Å²) < 4.78 is 0. The number of rotatable bonds is 7. The van der Waals surface area contributed by atoms with Gasteiger partial charge < -0.3 is 5.32 Å². The molecule has 0 unspecified atom stereocenters. The molecule has 0 fully saturated rings. The molecule has 0 aromatic carbocycles. The number of unbranched alkanes of at least 4 members (excludes halogenated alkanes) is 2. The summed E-state index contributed by atoms with van der Waals surface area (Å²) in [5, 5.41) is 11.7. The van der Waals surface area contributed by atoms with Gasteiger partial charge in [0.2, 0.25) is 5.91 Å². The van der Waals surface area contributed by atoms with Gasteiger partial charge in [0, 0.05) is 6.54 Å². The van der Waals surface area contributed by atoms with Gasteiger partial charge in [-0.3, -0.25) is 4.79 Å². The maximum absolute atomic E-state index is 11.7. The number of nitrogens with one attached hydrogen (secondary N) is 1. The Bertz CT molecular complexity index is 287. The predicted molar refractivity (Wildman–Crippen MR) is 70.3 cm³/mol. The van der Waals surface area contributed by atoms with Crippen molar-refractivity contribution >= 4 is 5.91 Å². The van der Waals surface area contributed by atoms with Gasteiger partial charge in [0.15, 0.2) is 0 Å². The zero-order valence-electron chi connectivity index (χ0n) is 11.9. The van der Waals surface area contributed by atoms with Gasteiger partial charge in [0.05, 0.1) is 6.07 Å². The molecule has 0 aliphatic rings. The van der Waals surface area contributed by atoms with E-state index in [1.54, 1.807) is 13.8 Å². The number of carbonyl (C=O) groups excluding carboxylic acids is 1. The van der Waals surface area contributed by atoms with E-state index in [9.17, 15) is 4.79 Å². The molecule has 0 aliphatic carbocycles. The number of hydrogen-bond acceptors (Lipinski definition) is 2. The van der Waals surface area contributed by atoms with Crippen molar-refractivity contribution in [3.63, 3.8) is 0 Å². The van der Waals surface area contributed by atoms with E-state index in [1.807, 2.05) is 6.07 Å². The van der Waals surface area contributed by atoms with Crippen molar-refractivity contribution in [3.8, 4) is 6.07 Å². The standard InChI is InChI=1S/C14H26N2O/c1-6-7-8-9-13(2,3)11-16-12(17)14(4,5)10-15/h6-9,11H2,1-5H3,(H,16,17). The fourth-order valence-corrected chi connectivity index (χ4v) is 1.53. The molecule has 1 N–H and O–H groups in total. The van der Waals surface area contributed by atoms with Gasteiger partial charge in [0.1, 0.15) is 5.41 Å². The second-order valence-electron chi connectivity index (χ2n) is 6.04. The maximum Gasteiger partial charge on any atom is 0.239 e. The van der Waals surface area contributed by atoms with E-state index in [1.165, 1.54) is 19.3 Å². The topological polar surface area (TPSA) is 52.9 Å². The van der Waals surface area contributed by atoms with E-state index in [-0.39, 0.29) is 11.3 Å². The van der Waals surface area contributed by atoms with Crippen LogP contribution >= 0.6 is 0 Å². The molecule has 0 aliphatic heterocycles. The van der Waals surface area contributed by atoms with Crippen LogP contribution in [0, 0.1) is 22.2 Å². The first-order chi connectivity index (χ1) is 7.75. The molecule has 98 valence electrons. The van der Waals surface area contributed by atoms with Crippen molar-refractivity contribution in [2.45, 2.75) is 60.3 Å². The van der Waals surface area contributed by atoms with Gasteiger partial charge in [-0.25, -0.2) is 0 Å². The molecule has 1 amide bonds. The Morgan fingerprint density at radius 2 is 1.82 bits per heavy atom. The third kappa shape index (κ3) is 6.31. The van der Waals surface area contributed by atoms with E-state index in [2.05, 4.69) is 26.1 Å². The lowest BCUT2D eigenvalue weighted by molar-refractivity contribution is -0.127. The van der Waals surface area contributed by atoms with Crippen LogP contribution in [0.15, 0.2) is 0 Å². The van der Waals surface area contributed by atoms with Crippen molar-refractivity contribution in [2.75, 3.05) is 6.54 Å². The Kier molecular flexibility index (Phi) is 6.23. The number of nitriles is 1. The number of hydrogen-bond donors (Lipinski definition) is 1. The Morgan fingerprint density at radius 3 is 2.29 bits per heavy atom. The third-order valence-electron chi connectivity index (χ3n) is 3.03. The van der Waals surface area contributed by atoms with Gasteiger partial charge >= 0.3 is 0 Å². The highest BCUT2D eigenvalue weighted by atomic mass is 16.2. The molecule has 0 spiro atoms. The first kappa shape index (κ1) is 16.0. The monoisotopic (exact) mass is 238 g/mol. The fraction of sp³-hybridized carbons (Fsp3) is 0.857. The minimum Gasteiger partial charge on any atom is -0.354 e. The quantitative estimate of drug-likeness (QED) is 0.692. The lowest BCUT2D eigenvalue weighted by atomic mass is 9.86. The molecule has 0 radical (unpaired) electrons. The molecule has 0 bridgehead atoms. The van der Waals surface area contributed by atoms with Crippen molar-refractivity contribution in [1.82, 2.24) is 5.32 Å². The summed E-state index contributed by atoms with van der Waals surface area (Å²) in [4.78, 5) is 11.7. The van der Waals surface area contributed by atoms with Crippen LogP contribution in [-0.2, 0) is 4.79 Å². The minimum atomic E-state index is -0.931. The zero-order valence-corrected chi connectivity index (χ0v) is 11.9. The molecule has 0 saturated carbocycles. The lowest BCUT2D eigenvalue weighted by Gasteiger charge is -2.26. The molecule has 17 heavy (non-hydrogen) atoms. The van der Waals surface area contributed by atoms with E-state index in [0.29, 0.717) is 6.54 Å². The summed E-state index contributed by atoms with van der Waals surface area (Å²) >= 11 is 0. The van der Waals surface area contributed by atoms with Crippen LogP contribution in [0.2, 0.25) is 0 Å². The van der Waals surface area contributed by atoms with Gasteiger partial charge in [0.25, 0.3) is 0 Å². The van der Waals surface area contributed by atoms with Gasteiger partial charge in [-0.2, -0.15) is 5.26 Å². The first-order valence-corrected chi connectivity index (χ1v) is 6.45. The highest BCUT2D eigenvalue weighted by Crippen LogP contribution is 2.23. The molecular formula is C14H26N2O. The zero-order chi connectivity index (χ0) is 13.5. The van der Waals surface area contributed by atoms with Crippen LogP contribution in [0.1, 0.15) is 60.3 Å².